The Morgan fingerprint density at radius 3 is 3.00 bits per heavy atom. The van der Waals surface area contributed by atoms with Crippen molar-refractivity contribution in [2.45, 2.75) is 6.54 Å². The van der Waals surface area contributed by atoms with Gasteiger partial charge in [0.1, 0.15) is 0 Å². The Morgan fingerprint density at radius 1 is 1.36 bits per heavy atom. The summed E-state index contributed by atoms with van der Waals surface area (Å²) in [6, 6.07) is 8.97. The molecule has 5 heteroatoms. The van der Waals surface area contributed by atoms with Crippen LogP contribution in [0.5, 0.6) is 5.75 Å². The first-order chi connectivity index (χ1) is 10.7. The van der Waals surface area contributed by atoms with E-state index in [1.807, 2.05) is 35.0 Å². The highest BCUT2D eigenvalue weighted by molar-refractivity contribution is 6.30. The molecule has 4 nitrogen and oxygen atoms in total. The summed E-state index contributed by atoms with van der Waals surface area (Å²) >= 11 is 5.84. The van der Waals surface area contributed by atoms with Gasteiger partial charge in [-0.3, -0.25) is 4.98 Å². The fourth-order valence-electron chi connectivity index (χ4n) is 2.31. The molecular formula is C17H13ClN2O2. The van der Waals surface area contributed by atoms with E-state index in [1.54, 1.807) is 12.1 Å². The molecule has 2 heterocycles. The molecule has 0 amide bonds. The Balaban J connectivity index is 1.95. The largest absolute Gasteiger partial charge is 0.421 e. The third-order valence-electron chi connectivity index (χ3n) is 3.25. The first kappa shape index (κ1) is 14.4. The Kier molecular flexibility index (Phi) is 3.94. The van der Waals surface area contributed by atoms with Gasteiger partial charge in [0, 0.05) is 35.9 Å². The first-order valence-corrected chi connectivity index (χ1v) is 7.08. The van der Waals surface area contributed by atoms with E-state index in [1.165, 1.54) is 12.4 Å². The fraction of sp³-hybridized carbons (Fsp3) is 0.0588. The van der Waals surface area contributed by atoms with E-state index < -0.39 is 5.97 Å². The number of halogens is 1. The van der Waals surface area contributed by atoms with Crippen molar-refractivity contribution in [3.05, 3.63) is 72.2 Å². The molecule has 2 aromatic heterocycles. The molecule has 0 N–H and O–H groups in total. The lowest BCUT2D eigenvalue weighted by Gasteiger charge is -2.06. The van der Waals surface area contributed by atoms with Gasteiger partial charge in [0.2, 0.25) is 0 Å². The average molecular weight is 313 g/mol. The normalized spacial score (nSPS) is 10.6. The quantitative estimate of drug-likeness (QED) is 0.538. The molecule has 3 rings (SSSR count). The third-order valence-corrected chi connectivity index (χ3v) is 3.46. The smallest absolute Gasteiger partial charge is 0.344 e. The molecule has 1 aromatic carbocycles. The van der Waals surface area contributed by atoms with Gasteiger partial charge in [-0.05, 0) is 18.2 Å². The Morgan fingerprint density at radius 2 is 2.23 bits per heavy atom. The van der Waals surface area contributed by atoms with Gasteiger partial charge in [0.05, 0.1) is 16.8 Å². The Hall–Kier alpha value is -2.59. The zero-order valence-electron chi connectivity index (χ0n) is 11.7. The number of carbonyl (C=O) groups excluding carboxylic acids is 1. The summed E-state index contributed by atoms with van der Waals surface area (Å²) in [5.74, 6) is -0.119. The van der Waals surface area contributed by atoms with E-state index in [0.29, 0.717) is 22.9 Å². The zero-order chi connectivity index (χ0) is 15.5. The molecule has 0 aliphatic rings. The van der Waals surface area contributed by atoms with Crippen LogP contribution in [0.25, 0.3) is 10.9 Å². The molecule has 0 saturated heterocycles. The lowest BCUT2D eigenvalue weighted by Crippen LogP contribution is -2.09. The SMILES string of the molecule is C=CCn1ccc2c(C(=O)Oc3cncc(Cl)c3)cccc21. The number of hydrogen-bond donors (Lipinski definition) is 0. The molecule has 0 aliphatic carbocycles. The predicted octanol–water partition coefficient (Wildman–Crippen LogP) is 4.09. The molecule has 0 spiro atoms. The number of nitrogens with zero attached hydrogens (tertiary/aromatic N) is 2. The summed E-state index contributed by atoms with van der Waals surface area (Å²) in [5, 5.41) is 1.25. The number of rotatable bonds is 4. The lowest BCUT2D eigenvalue weighted by atomic mass is 10.1. The van der Waals surface area contributed by atoms with Crippen LogP contribution in [0.3, 0.4) is 0 Å². The number of pyridine rings is 1. The van der Waals surface area contributed by atoms with Crippen molar-refractivity contribution < 1.29 is 9.53 Å². The van der Waals surface area contributed by atoms with Crippen LogP contribution >= 0.6 is 11.6 Å². The summed E-state index contributed by atoms with van der Waals surface area (Å²) in [4.78, 5) is 16.3. The Labute approximate surface area is 132 Å². The van der Waals surface area contributed by atoms with Gasteiger partial charge in [-0.25, -0.2) is 4.79 Å². The number of allylic oxidation sites excluding steroid dienone is 1. The van der Waals surface area contributed by atoms with Crippen LogP contribution in [0.2, 0.25) is 5.02 Å². The number of aromatic nitrogens is 2. The van der Waals surface area contributed by atoms with E-state index in [9.17, 15) is 4.79 Å². The molecule has 0 fully saturated rings. The molecule has 22 heavy (non-hydrogen) atoms. The number of benzene rings is 1. The summed E-state index contributed by atoms with van der Waals surface area (Å²) < 4.78 is 7.36. The monoisotopic (exact) mass is 312 g/mol. The van der Waals surface area contributed by atoms with Crippen molar-refractivity contribution in [1.82, 2.24) is 9.55 Å². The zero-order valence-corrected chi connectivity index (χ0v) is 12.5. The van der Waals surface area contributed by atoms with Crippen molar-refractivity contribution in [2.75, 3.05) is 0 Å². The summed E-state index contributed by atoms with van der Waals surface area (Å²) in [6.45, 7) is 4.41. The number of ether oxygens (including phenoxy) is 1. The molecule has 3 aromatic rings. The number of hydrogen-bond acceptors (Lipinski definition) is 3. The first-order valence-electron chi connectivity index (χ1n) is 6.70. The summed E-state index contributed by atoms with van der Waals surface area (Å²) in [7, 11) is 0. The fourth-order valence-corrected chi connectivity index (χ4v) is 2.47. The van der Waals surface area contributed by atoms with Crippen molar-refractivity contribution >= 4 is 28.5 Å². The minimum absolute atomic E-state index is 0.319. The maximum absolute atomic E-state index is 12.4. The van der Waals surface area contributed by atoms with Crippen molar-refractivity contribution in [2.24, 2.45) is 0 Å². The highest BCUT2D eigenvalue weighted by atomic mass is 35.5. The number of esters is 1. The number of fused-ring (bicyclic) bond motifs is 1. The van der Waals surface area contributed by atoms with Gasteiger partial charge >= 0.3 is 5.97 Å². The van der Waals surface area contributed by atoms with Gasteiger partial charge in [0.15, 0.2) is 5.75 Å². The number of carbonyl (C=O) groups is 1. The average Bonchev–Trinajstić information content (AvgIpc) is 2.91. The van der Waals surface area contributed by atoms with Crippen LogP contribution in [0.1, 0.15) is 10.4 Å². The van der Waals surface area contributed by atoms with E-state index in [4.69, 9.17) is 16.3 Å². The van der Waals surface area contributed by atoms with E-state index in [-0.39, 0.29) is 0 Å². The van der Waals surface area contributed by atoms with Crippen LogP contribution in [-0.2, 0) is 6.54 Å². The topological polar surface area (TPSA) is 44.1 Å². The molecule has 0 bridgehead atoms. The maximum atomic E-state index is 12.4. The predicted molar refractivity (Wildman–Crippen MR) is 86.3 cm³/mol. The van der Waals surface area contributed by atoms with E-state index in [2.05, 4.69) is 11.6 Å². The van der Waals surface area contributed by atoms with Crippen LogP contribution < -0.4 is 4.74 Å². The van der Waals surface area contributed by atoms with Crippen LogP contribution in [0.15, 0.2) is 61.6 Å². The summed E-state index contributed by atoms with van der Waals surface area (Å²) in [5.41, 5.74) is 1.46. The van der Waals surface area contributed by atoms with Crippen molar-refractivity contribution in [3.63, 3.8) is 0 Å². The van der Waals surface area contributed by atoms with Gasteiger partial charge in [0.25, 0.3) is 0 Å². The van der Waals surface area contributed by atoms with Gasteiger partial charge < -0.3 is 9.30 Å². The van der Waals surface area contributed by atoms with Crippen LogP contribution in [0.4, 0.5) is 0 Å². The van der Waals surface area contributed by atoms with Gasteiger partial charge in [-0.1, -0.05) is 23.7 Å². The van der Waals surface area contributed by atoms with E-state index in [0.717, 1.165) is 10.9 Å². The highest BCUT2D eigenvalue weighted by Crippen LogP contribution is 2.23. The molecular weight excluding hydrogens is 300 g/mol. The van der Waals surface area contributed by atoms with Gasteiger partial charge in [-0.15, -0.1) is 6.58 Å². The molecule has 0 aliphatic heterocycles. The second kappa shape index (κ2) is 6.03. The maximum Gasteiger partial charge on any atom is 0.344 e. The highest BCUT2D eigenvalue weighted by Gasteiger charge is 2.14. The van der Waals surface area contributed by atoms with Crippen molar-refractivity contribution in [1.29, 1.82) is 0 Å². The molecule has 0 radical (unpaired) electrons. The van der Waals surface area contributed by atoms with Crippen LogP contribution in [-0.4, -0.2) is 15.5 Å². The lowest BCUT2D eigenvalue weighted by molar-refractivity contribution is 0.0736. The molecule has 0 saturated carbocycles. The van der Waals surface area contributed by atoms with Crippen LogP contribution in [0, 0.1) is 0 Å². The minimum Gasteiger partial charge on any atom is -0.421 e. The molecule has 110 valence electrons. The Bertz CT molecular complexity index is 855. The summed E-state index contributed by atoms with van der Waals surface area (Å²) in [6.07, 6.45) is 6.66. The minimum atomic E-state index is -0.439. The second-order valence-electron chi connectivity index (χ2n) is 4.72. The standard InChI is InChI=1S/C17H13ClN2O2/c1-2-7-20-8-6-14-15(4-3-5-16(14)20)17(21)22-13-9-12(18)10-19-11-13/h2-6,8-11H,1,7H2. The molecule has 0 atom stereocenters. The second-order valence-corrected chi connectivity index (χ2v) is 5.16. The van der Waals surface area contributed by atoms with Crippen molar-refractivity contribution in [3.8, 4) is 5.75 Å². The molecule has 0 unspecified atom stereocenters. The third kappa shape index (κ3) is 2.73. The van der Waals surface area contributed by atoms with Gasteiger partial charge in [-0.2, -0.15) is 0 Å². The van der Waals surface area contributed by atoms with E-state index >= 15 is 0 Å².